The second-order valence-electron chi connectivity index (χ2n) is 6.16. The lowest BCUT2D eigenvalue weighted by Crippen LogP contribution is -2.34. The number of methoxy groups -OCH3 is 4. The average molecular weight is 421 g/mol. The zero-order valence-electron chi connectivity index (χ0n) is 17.6. The Morgan fingerprint density at radius 1 is 1.10 bits per heavy atom. The van der Waals surface area contributed by atoms with E-state index in [1.165, 1.54) is 25.4 Å². The molecule has 30 heavy (non-hydrogen) atoms. The molecule has 0 radical (unpaired) electrons. The van der Waals surface area contributed by atoms with Crippen LogP contribution in [0.25, 0.3) is 0 Å². The molecule has 0 unspecified atom stereocenters. The Balaban J connectivity index is 2.16. The number of rotatable bonds is 12. The number of carbonyl (C=O) groups is 2. The minimum atomic E-state index is -0.381. The number of carbonyl (C=O) groups excluding carboxylic acids is 2. The van der Waals surface area contributed by atoms with Crippen molar-refractivity contribution in [1.29, 1.82) is 0 Å². The summed E-state index contributed by atoms with van der Waals surface area (Å²) in [5, 5.41) is 2.66. The fourth-order valence-corrected chi connectivity index (χ4v) is 2.61. The maximum Gasteiger partial charge on any atom is 0.273 e. The van der Waals surface area contributed by atoms with E-state index in [1.807, 2.05) is 0 Å². The Kier molecular flexibility index (Phi) is 9.10. The highest BCUT2D eigenvalue weighted by atomic mass is 16.5. The molecule has 1 aromatic heterocycles. The summed E-state index contributed by atoms with van der Waals surface area (Å²) in [5.41, 5.74) is 0.487. The molecule has 164 valence electrons. The van der Waals surface area contributed by atoms with Gasteiger partial charge in [0, 0.05) is 33.4 Å². The fraction of sp³-hybridized carbons (Fsp3) is 0.450. The zero-order chi connectivity index (χ0) is 21.9. The van der Waals surface area contributed by atoms with Crippen molar-refractivity contribution in [3.63, 3.8) is 0 Å². The summed E-state index contributed by atoms with van der Waals surface area (Å²) >= 11 is 0. The minimum absolute atomic E-state index is 0.0583. The summed E-state index contributed by atoms with van der Waals surface area (Å²) in [6.45, 7) is 1.41. The van der Waals surface area contributed by atoms with E-state index in [2.05, 4.69) is 10.3 Å². The van der Waals surface area contributed by atoms with Gasteiger partial charge in [-0.15, -0.1) is 0 Å². The largest absolute Gasteiger partial charge is 0.497 e. The Hall–Kier alpha value is -3.11. The smallest absolute Gasteiger partial charge is 0.273 e. The van der Waals surface area contributed by atoms with Gasteiger partial charge in [-0.05, 0) is 12.1 Å². The Morgan fingerprint density at radius 3 is 2.53 bits per heavy atom. The molecule has 2 rings (SSSR count). The van der Waals surface area contributed by atoms with E-state index in [-0.39, 0.29) is 29.9 Å². The van der Waals surface area contributed by atoms with Crippen LogP contribution in [0.15, 0.2) is 28.9 Å². The molecule has 10 nitrogen and oxygen atoms in total. The van der Waals surface area contributed by atoms with Gasteiger partial charge in [0.15, 0.2) is 5.69 Å². The summed E-state index contributed by atoms with van der Waals surface area (Å²) in [6.07, 6.45) is 1.25. The third-order valence-corrected chi connectivity index (χ3v) is 4.19. The van der Waals surface area contributed by atoms with E-state index in [0.717, 1.165) is 0 Å². The topological polar surface area (TPSA) is 112 Å². The second kappa shape index (κ2) is 11.8. The van der Waals surface area contributed by atoms with Crippen molar-refractivity contribution in [2.24, 2.45) is 0 Å². The van der Waals surface area contributed by atoms with Crippen LogP contribution in [0.1, 0.15) is 26.7 Å². The minimum Gasteiger partial charge on any atom is -0.497 e. The van der Waals surface area contributed by atoms with Gasteiger partial charge in [-0.2, -0.15) is 0 Å². The van der Waals surface area contributed by atoms with E-state index in [4.69, 9.17) is 23.4 Å². The zero-order valence-corrected chi connectivity index (χ0v) is 17.6. The fourth-order valence-electron chi connectivity index (χ4n) is 2.61. The first-order chi connectivity index (χ1) is 14.5. The van der Waals surface area contributed by atoms with Crippen molar-refractivity contribution in [3.05, 3.63) is 41.6 Å². The van der Waals surface area contributed by atoms with Crippen LogP contribution in [0, 0.1) is 0 Å². The number of ether oxygens (including phenoxy) is 4. The molecule has 0 aliphatic rings. The van der Waals surface area contributed by atoms with Gasteiger partial charge in [0.25, 0.3) is 11.8 Å². The molecule has 0 aliphatic heterocycles. The van der Waals surface area contributed by atoms with Gasteiger partial charge in [0.2, 0.25) is 5.89 Å². The summed E-state index contributed by atoms with van der Waals surface area (Å²) in [4.78, 5) is 30.9. The van der Waals surface area contributed by atoms with Crippen LogP contribution >= 0.6 is 0 Å². The van der Waals surface area contributed by atoms with Gasteiger partial charge in [-0.25, -0.2) is 4.98 Å². The Morgan fingerprint density at radius 2 is 1.87 bits per heavy atom. The van der Waals surface area contributed by atoms with Gasteiger partial charge in [0.1, 0.15) is 17.8 Å². The molecule has 2 amide bonds. The lowest BCUT2D eigenvalue weighted by Gasteiger charge is -2.22. The van der Waals surface area contributed by atoms with Crippen LogP contribution < -0.4 is 14.8 Å². The molecule has 10 heteroatoms. The average Bonchev–Trinajstić information content (AvgIpc) is 3.24. The summed E-state index contributed by atoms with van der Waals surface area (Å²) in [5.74, 6) is 0.504. The molecule has 0 saturated heterocycles. The standard InChI is InChI=1S/C20H27N3O7/c1-26-9-7-21-19(24)16-13-30-18(22-16)12-23(8-10-27-2)20(25)15-6-5-14(28-3)11-17(15)29-4/h5-6,11,13H,7-10,12H2,1-4H3,(H,21,24). The maximum absolute atomic E-state index is 13.1. The first kappa shape index (κ1) is 23.2. The summed E-state index contributed by atoms with van der Waals surface area (Å²) in [6, 6.07) is 4.94. The maximum atomic E-state index is 13.1. The molecular weight excluding hydrogens is 394 g/mol. The van der Waals surface area contributed by atoms with E-state index in [1.54, 1.807) is 32.4 Å². The van der Waals surface area contributed by atoms with Crippen molar-refractivity contribution < 1.29 is 33.0 Å². The van der Waals surface area contributed by atoms with Crippen LogP contribution in [0.4, 0.5) is 0 Å². The molecular formula is C20H27N3O7. The third kappa shape index (κ3) is 6.19. The Bertz CT molecular complexity index is 838. The van der Waals surface area contributed by atoms with Crippen molar-refractivity contribution in [2.45, 2.75) is 6.54 Å². The van der Waals surface area contributed by atoms with E-state index in [0.29, 0.717) is 43.4 Å². The number of aromatic nitrogens is 1. The highest BCUT2D eigenvalue weighted by Crippen LogP contribution is 2.26. The molecule has 0 bridgehead atoms. The lowest BCUT2D eigenvalue weighted by atomic mass is 10.1. The van der Waals surface area contributed by atoms with Crippen LogP contribution in [-0.2, 0) is 16.0 Å². The van der Waals surface area contributed by atoms with E-state index >= 15 is 0 Å². The number of nitrogens with one attached hydrogen (secondary N) is 1. The van der Waals surface area contributed by atoms with E-state index < -0.39 is 0 Å². The van der Waals surface area contributed by atoms with Gasteiger partial charge in [-0.1, -0.05) is 0 Å². The van der Waals surface area contributed by atoms with Gasteiger partial charge < -0.3 is 33.6 Å². The molecule has 0 atom stereocenters. The normalized spacial score (nSPS) is 10.5. The van der Waals surface area contributed by atoms with Crippen molar-refractivity contribution in [1.82, 2.24) is 15.2 Å². The van der Waals surface area contributed by atoms with Gasteiger partial charge in [-0.3, -0.25) is 9.59 Å². The molecule has 1 aromatic carbocycles. The highest BCUT2D eigenvalue weighted by Gasteiger charge is 2.23. The summed E-state index contributed by atoms with van der Waals surface area (Å²) < 4.78 is 25.9. The molecule has 2 aromatic rings. The molecule has 0 saturated carbocycles. The van der Waals surface area contributed by atoms with E-state index in [9.17, 15) is 9.59 Å². The molecule has 1 heterocycles. The molecule has 0 aliphatic carbocycles. The SMILES string of the molecule is COCCNC(=O)c1coc(CN(CCOC)C(=O)c2ccc(OC)cc2OC)n1. The number of oxazole rings is 1. The molecule has 0 spiro atoms. The second-order valence-corrected chi connectivity index (χ2v) is 6.16. The predicted molar refractivity (Wildman–Crippen MR) is 107 cm³/mol. The number of hydrogen-bond donors (Lipinski definition) is 1. The van der Waals surface area contributed by atoms with Crippen molar-refractivity contribution in [2.75, 3.05) is 54.7 Å². The third-order valence-electron chi connectivity index (χ3n) is 4.19. The van der Waals surface area contributed by atoms with Gasteiger partial charge >= 0.3 is 0 Å². The lowest BCUT2D eigenvalue weighted by molar-refractivity contribution is 0.0659. The Labute approximate surface area is 175 Å². The van der Waals surface area contributed by atoms with Gasteiger partial charge in [0.05, 0.1) is 39.5 Å². The number of benzene rings is 1. The van der Waals surface area contributed by atoms with Crippen LogP contribution in [0.2, 0.25) is 0 Å². The molecule has 0 fully saturated rings. The van der Waals surface area contributed by atoms with Crippen LogP contribution in [-0.4, -0.2) is 76.4 Å². The first-order valence-electron chi connectivity index (χ1n) is 9.25. The monoisotopic (exact) mass is 421 g/mol. The first-order valence-corrected chi connectivity index (χ1v) is 9.25. The van der Waals surface area contributed by atoms with Crippen LogP contribution in [0.3, 0.4) is 0 Å². The summed E-state index contributed by atoms with van der Waals surface area (Å²) in [7, 11) is 6.11. The number of amides is 2. The predicted octanol–water partition coefficient (Wildman–Crippen LogP) is 1.36. The quantitative estimate of drug-likeness (QED) is 0.511. The van der Waals surface area contributed by atoms with Crippen molar-refractivity contribution >= 4 is 11.8 Å². The highest BCUT2D eigenvalue weighted by molar-refractivity contribution is 5.97. The molecule has 1 N–H and O–H groups in total. The number of hydrogen-bond acceptors (Lipinski definition) is 8. The number of nitrogens with zero attached hydrogens (tertiary/aromatic N) is 2. The van der Waals surface area contributed by atoms with Crippen LogP contribution in [0.5, 0.6) is 11.5 Å². The van der Waals surface area contributed by atoms with Crippen molar-refractivity contribution in [3.8, 4) is 11.5 Å².